The predicted molar refractivity (Wildman–Crippen MR) is 111 cm³/mol. The first-order valence-electron chi connectivity index (χ1n) is 11.2. The molecule has 0 rings (SSSR count). The van der Waals surface area contributed by atoms with Crippen LogP contribution in [0.5, 0.6) is 0 Å². The van der Waals surface area contributed by atoms with Gasteiger partial charge < -0.3 is 13.3 Å². The topological polar surface area (TPSA) is 27.7 Å². The van der Waals surface area contributed by atoms with E-state index in [0.717, 1.165) is 45.1 Å². The highest BCUT2D eigenvalue weighted by atomic mass is 28.4. The first-order chi connectivity index (χ1) is 12.2. The van der Waals surface area contributed by atoms with Crippen molar-refractivity contribution in [1.82, 2.24) is 0 Å². The first kappa shape index (κ1) is 25.1. The molecular weight excluding hydrogens is 328 g/mol. The van der Waals surface area contributed by atoms with E-state index in [2.05, 4.69) is 27.7 Å². The van der Waals surface area contributed by atoms with Crippen LogP contribution >= 0.6 is 0 Å². The molecule has 4 heteroatoms. The Kier molecular flexibility index (Phi) is 18.9. The molecule has 0 saturated carbocycles. The zero-order valence-electron chi connectivity index (χ0n) is 17.7. The van der Waals surface area contributed by atoms with Gasteiger partial charge >= 0.3 is 8.80 Å². The fourth-order valence-corrected chi connectivity index (χ4v) is 5.58. The number of hydrogen-bond acceptors (Lipinski definition) is 3. The van der Waals surface area contributed by atoms with Crippen LogP contribution in [-0.2, 0) is 13.3 Å². The van der Waals surface area contributed by atoms with Crippen LogP contribution in [0.25, 0.3) is 0 Å². The third-order valence-corrected chi connectivity index (χ3v) is 7.44. The fraction of sp³-hybridized carbons (Fsp3) is 1.00. The molecule has 0 fully saturated rings. The van der Waals surface area contributed by atoms with Crippen molar-refractivity contribution in [3.8, 4) is 0 Å². The Labute approximate surface area is 159 Å². The molecule has 0 N–H and O–H groups in total. The predicted octanol–water partition coefficient (Wildman–Crippen LogP) is 7.13. The quantitative estimate of drug-likeness (QED) is 0.168. The van der Waals surface area contributed by atoms with Gasteiger partial charge in [-0.2, -0.15) is 0 Å². The molecular formula is C21H46O3Si. The standard InChI is InChI=1S/C21H46O3Si/c1-5-9-13-17-21-25(22-18-14-10-6-2,23-19-15-11-7-3)24-20-16-12-8-4/h5-21H2,1-4H3. The number of hydrogen-bond donors (Lipinski definition) is 0. The Bertz CT molecular complexity index is 208. The summed E-state index contributed by atoms with van der Waals surface area (Å²) in [5.74, 6) is 0. The molecule has 0 heterocycles. The van der Waals surface area contributed by atoms with Crippen LogP contribution in [0.3, 0.4) is 0 Å². The molecule has 0 bridgehead atoms. The van der Waals surface area contributed by atoms with Crippen molar-refractivity contribution < 1.29 is 13.3 Å². The van der Waals surface area contributed by atoms with Crippen molar-refractivity contribution in [1.29, 1.82) is 0 Å². The molecule has 0 radical (unpaired) electrons. The second kappa shape index (κ2) is 18.9. The molecule has 25 heavy (non-hydrogen) atoms. The van der Waals surface area contributed by atoms with Crippen molar-refractivity contribution in [3.05, 3.63) is 0 Å². The second-order valence-electron chi connectivity index (χ2n) is 7.16. The van der Waals surface area contributed by atoms with E-state index >= 15 is 0 Å². The van der Waals surface area contributed by atoms with Crippen LogP contribution in [0.4, 0.5) is 0 Å². The largest absolute Gasteiger partial charge is 0.500 e. The van der Waals surface area contributed by atoms with Gasteiger partial charge in [-0.3, -0.25) is 0 Å². The summed E-state index contributed by atoms with van der Waals surface area (Å²) in [6.07, 6.45) is 15.7. The van der Waals surface area contributed by atoms with E-state index in [-0.39, 0.29) is 0 Å². The van der Waals surface area contributed by atoms with Crippen molar-refractivity contribution in [2.45, 2.75) is 117 Å². The van der Waals surface area contributed by atoms with E-state index in [9.17, 15) is 0 Å². The minimum absolute atomic E-state index is 0.801. The molecule has 3 nitrogen and oxygen atoms in total. The number of rotatable bonds is 20. The van der Waals surface area contributed by atoms with Gasteiger partial charge in [0.15, 0.2) is 0 Å². The van der Waals surface area contributed by atoms with Crippen LogP contribution in [0, 0.1) is 0 Å². The summed E-state index contributed by atoms with van der Waals surface area (Å²) in [7, 11) is -2.50. The van der Waals surface area contributed by atoms with Gasteiger partial charge in [0.2, 0.25) is 0 Å². The molecule has 0 aliphatic carbocycles. The monoisotopic (exact) mass is 374 g/mol. The van der Waals surface area contributed by atoms with Gasteiger partial charge in [0.05, 0.1) is 0 Å². The van der Waals surface area contributed by atoms with Gasteiger partial charge in [0.25, 0.3) is 0 Å². The van der Waals surface area contributed by atoms with Gasteiger partial charge in [-0.25, -0.2) is 0 Å². The lowest BCUT2D eigenvalue weighted by Gasteiger charge is -2.30. The highest BCUT2D eigenvalue weighted by Gasteiger charge is 2.40. The van der Waals surface area contributed by atoms with E-state index in [0.29, 0.717) is 0 Å². The lowest BCUT2D eigenvalue weighted by atomic mass is 10.2. The zero-order valence-corrected chi connectivity index (χ0v) is 18.7. The van der Waals surface area contributed by atoms with E-state index in [1.54, 1.807) is 0 Å². The minimum Gasteiger partial charge on any atom is -0.373 e. The van der Waals surface area contributed by atoms with Crippen molar-refractivity contribution >= 4 is 8.80 Å². The summed E-state index contributed by atoms with van der Waals surface area (Å²) in [5.41, 5.74) is 0. The Morgan fingerprint density at radius 1 is 0.440 bits per heavy atom. The molecule has 0 saturated heterocycles. The van der Waals surface area contributed by atoms with Crippen LogP contribution < -0.4 is 0 Å². The van der Waals surface area contributed by atoms with E-state index in [4.69, 9.17) is 13.3 Å². The Morgan fingerprint density at radius 2 is 0.800 bits per heavy atom. The summed E-state index contributed by atoms with van der Waals surface area (Å²) in [4.78, 5) is 0. The highest BCUT2D eigenvalue weighted by Crippen LogP contribution is 2.22. The Morgan fingerprint density at radius 3 is 1.16 bits per heavy atom. The Balaban J connectivity index is 4.62. The highest BCUT2D eigenvalue weighted by molar-refractivity contribution is 6.60. The molecule has 0 unspecified atom stereocenters. The van der Waals surface area contributed by atoms with Crippen LogP contribution in [0.15, 0.2) is 0 Å². The second-order valence-corrected chi connectivity index (χ2v) is 9.89. The summed E-state index contributed by atoms with van der Waals surface area (Å²) >= 11 is 0. The molecule has 0 aromatic heterocycles. The molecule has 0 atom stereocenters. The third kappa shape index (κ3) is 14.9. The summed E-state index contributed by atoms with van der Waals surface area (Å²) in [6.45, 7) is 11.4. The lowest BCUT2D eigenvalue weighted by Crippen LogP contribution is -2.46. The smallest absolute Gasteiger partial charge is 0.373 e. The van der Waals surface area contributed by atoms with Gasteiger partial charge in [-0.05, 0) is 25.7 Å². The van der Waals surface area contributed by atoms with Crippen molar-refractivity contribution in [2.24, 2.45) is 0 Å². The third-order valence-electron chi connectivity index (χ3n) is 4.55. The van der Waals surface area contributed by atoms with E-state index in [1.165, 1.54) is 64.2 Å². The Hall–Kier alpha value is 0.0969. The average molecular weight is 375 g/mol. The summed E-state index contributed by atoms with van der Waals surface area (Å²) in [6, 6.07) is 0.997. The van der Waals surface area contributed by atoms with E-state index < -0.39 is 8.80 Å². The molecule has 0 spiro atoms. The van der Waals surface area contributed by atoms with Crippen LogP contribution in [0.1, 0.15) is 111 Å². The van der Waals surface area contributed by atoms with E-state index in [1.807, 2.05) is 0 Å². The average Bonchev–Trinajstić information content (AvgIpc) is 2.63. The molecule has 0 aliphatic heterocycles. The summed E-state index contributed by atoms with van der Waals surface area (Å²) in [5, 5.41) is 0. The van der Waals surface area contributed by atoms with Gasteiger partial charge in [-0.1, -0.05) is 85.5 Å². The maximum atomic E-state index is 6.37. The van der Waals surface area contributed by atoms with Crippen molar-refractivity contribution in [2.75, 3.05) is 19.8 Å². The molecule has 152 valence electrons. The first-order valence-corrected chi connectivity index (χ1v) is 13.1. The summed E-state index contributed by atoms with van der Waals surface area (Å²) < 4.78 is 19.1. The lowest BCUT2D eigenvalue weighted by molar-refractivity contribution is 0.0548. The maximum absolute atomic E-state index is 6.37. The maximum Gasteiger partial charge on any atom is 0.500 e. The van der Waals surface area contributed by atoms with Crippen LogP contribution in [-0.4, -0.2) is 28.6 Å². The molecule has 0 aromatic rings. The zero-order chi connectivity index (χ0) is 18.6. The SMILES string of the molecule is CCCCCC[Si](OCCCCC)(OCCCCC)OCCCCC. The molecule has 0 aliphatic rings. The normalized spacial score (nSPS) is 12.0. The van der Waals surface area contributed by atoms with Gasteiger partial charge in [0, 0.05) is 25.9 Å². The van der Waals surface area contributed by atoms with Crippen molar-refractivity contribution in [3.63, 3.8) is 0 Å². The molecule has 0 amide bonds. The minimum atomic E-state index is -2.50. The fourth-order valence-electron chi connectivity index (χ4n) is 2.85. The van der Waals surface area contributed by atoms with Gasteiger partial charge in [0.1, 0.15) is 0 Å². The van der Waals surface area contributed by atoms with Crippen LogP contribution in [0.2, 0.25) is 6.04 Å². The molecule has 0 aromatic carbocycles. The number of unbranched alkanes of at least 4 members (excludes halogenated alkanes) is 9. The van der Waals surface area contributed by atoms with Gasteiger partial charge in [-0.15, -0.1) is 0 Å².